The summed E-state index contributed by atoms with van der Waals surface area (Å²) in [5, 5.41) is 25.3. The highest BCUT2D eigenvalue weighted by Gasteiger charge is 2.00. The summed E-state index contributed by atoms with van der Waals surface area (Å²) in [6.07, 6.45) is 4.02. The lowest BCUT2D eigenvalue weighted by atomic mass is 10.1. The van der Waals surface area contributed by atoms with Crippen molar-refractivity contribution >= 4 is 24.1 Å². The highest BCUT2D eigenvalue weighted by Crippen LogP contribution is 2.24. The van der Waals surface area contributed by atoms with E-state index in [1.54, 1.807) is 26.4 Å². The zero-order chi connectivity index (χ0) is 20.9. The number of benzene rings is 2. The first-order chi connectivity index (χ1) is 13.3. The summed E-state index contributed by atoms with van der Waals surface area (Å²) in [6.45, 7) is 0. The first-order valence-corrected chi connectivity index (χ1v) is 8.48. The Morgan fingerprint density at radius 1 is 0.821 bits per heavy atom. The van der Waals surface area contributed by atoms with Crippen molar-refractivity contribution in [3.05, 3.63) is 53.6 Å². The SMILES string of the molecule is COc1cc(/C=C/c2ccc(O)cc2)cc(OC)c1.O=C(O)CCCC(=O)O. The van der Waals surface area contributed by atoms with Crippen molar-refractivity contribution in [3.8, 4) is 17.2 Å². The number of carboxylic acid groups (broad SMARTS) is 2. The summed E-state index contributed by atoms with van der Waals surface area (Å²) in [6, 6.07) is 12.7. The molecule has 0 fully saturated rings. The number of rotatable bonds is 8. The van der Waals surface area contributed by atoms with E-state index < -0.39 is 11.9 Å². The van der Waals surface area contributed by atoms with Crippen molar-refractivity contribution in [1.82, 2.24) is 0 Å². The summed E-state index contributed by atoms with van der Waals surface area (Å²) in [5.41, 5.74) is 2.00. The van der Waals surface area contributed by atoms with Crippen molar-refractivity contribution in [2.24, 2.45) is 0 Å². The topological polar surface area (TPSA) is 113 Å². The molecule has 2 aromatic rings. The molecule has 28 heavy (non-hydrogen) atoms. The van der Waals surface area contributed by atoms with Crippen LogP contribution in [0.2, 0.25) is 0 Å². The monoisotopic (exact) mass is 388 g/mol. The van der Waals surface area contributed by atoms with E-state index in [4.69, 9.17) is 19.7 Å². The molecule has 0 spiro atoms. The third-order valence-electron chi connectivity index (χ3n) is 3.52. The van der Waals surface area contributed by atoms with Crippen LogP contribution in [0.25, 0.3) is 12.2 Å². The maximum atomic E-state index is 9.79. The molecule has 0 unspecified atom stereocenters. The van der Waals surface area contributed by atoms with Gasteiger partial charge in [0.1, 0.15) is 17.2 Å². The Morgan fingerprint density at radius 3 is 1.71 bits per heavy atom. The molecule has 0 amide bonds. The molecule has 0 aliphatic heterocycles. The molecule has 0 atom stereocenters. The minimum atomic E-state index is -0.948. The average molecular weight is 388 g/mol. The molecule has 0 aliphatic carbocycles. The fraction of sp³-hybridized carbons (Fsp3) is 0.238. The summed E-state index contributed by atoms with van der Waals surface area (Å²) in [4.78, 5) is 19.6. The summed E-state index contributed by atoms with van der Waals surface area (Å²) < 4.78 is 10.4. The second-order valence-corrected chi connectivity index (χ2v) is 5.71. The van der Waals surface area contributed by atoms with E-state index in [0.717, 1.165) is 22.6 Å². The molecule has 0 aliphatic rings. The van der Waals surface area contributed by atoms with Crippen LogP contribution in [0.5, 0.6) is 17.2 Å². The van der Waals surface area contributed by atoms with Gasteiger partial charge in [-0.3, -0.25) is 9.59 Å². The molecular weight excluding hydrogens is 364 g/mol. The molecule has 3 N–H and O–H groups in total. The minimum Gasteiger partial charge on any atom is -0.508 e. The second-order valence-electron chi connectivity index (χ2n) is 5.71. The molecule has 0 bridgehead atoms. The maximum absolute atomic E-state index is 9.79. The zero-order valence-corrected chi connectivity index (χ0v) is 15.8. The van der Waals surface area contributed by atoms with Gasteiger partial charge in [-0.05, 0) is 41.8 Å². The van der Waals surface area contributed by atoms with Crippen LogP contribution in [-0.2, 0) is 9.59 Å². The number of aliphatic carboxylic acids is 2. The van der Waals surface area contributed by atoms with Crippen LogP contribution in [0.3, 0.4) is 0 Å². The molecule has 0 saturated carbocycles. The van der Waals surface area contributed by atoms with Crippen LogP contribution in [-0.4, -0.2) is 41.5 Å². The largest absolute Gasteiger partial charge is 0.508 e. The van der Waals surface area contributed by atoms with Crippen LogP contribution in [0.15, 0.2) is 42.5 Å². The van der Waals surface area contributed by atoms with Gasteiger partial charge in [0.2, 0.25) is 0 Å². The third kappa shape index (κ3) is 9.28. The van der Waals surface area contributed by atoms with E-state index in [1.807, 2.05) is 42.5 Å². The molecule has 7 nitrogen and oxygen atoms in total. The number of ether oxygens (including phenoxy) is 2. The van der Waals surface area contributed by atoms with Crippen LogP contribution >= 0.6 is 0 Å². The van der Waals surface area contributed by atoms with Crippen LogP contribution in [0, 0.1) is 0 Å². The molecular formula is C21H24O7. The zero-order valence-electron chi connectivity index (χ0n) is 15.8. The lowest BCUT2D eigenvalue weighted by Crippen LogP contribution is -1.98. The van der Waals surface area contributed by atoms with Crippen molar-refractivity contribution in [2.45, 2.75) is 19.3 Å². The first-order valence-electron chi connectivity index (χ1n) is 8.48. The predicted molar refractivity (Wildman–Crippen MR) is 106 cm³/mol. The lowest BCUT2D eigenvalue weighted by molar-refractivity contribution is -0.138. The Bertz CT molecular complexity index is 759. The fourth-order valence-corrected chi connectivity index (χ4v) is 2.09. The Hall–Kier alpha value is -3.48. The van der Waals surface area contributed by atoms with Gasteiger partial charge < -0.3 is 24.8 Å². The Morgan fingerprint density at radius 2 is 1.29 bits per heavy atom. The smallest absolute Gasteiger partial charge is 0.303 e. The van der Waals surface area contributed by atoms with Gasteiger partial charge in [-0.2, -0.15) is 0 Å². The fourth-order valence-electron chi connectivity index (χ4n) is 2.09. The number of carboxylic acids is 2. The van der Waals surface area contributed by atoms with Gasteiger partial charge in [0, 0.05) is 18.9 Å². The van der Waals surface area contributed by atoms with Crippen LogP contribution in [0.4, 0.5) is 0 Å². The van der Waals surface area contributed by atoms with Gasteiger partial charge in [0.15, 0.2) is 0 Å². The third-order valence-corrected chi connectivity index (χ3v) is 3.52. The van der Waals surface area contributed by atoms with Gasteiger partial charge in [-0.25, -0.2) is 0 Å². The van der Waals surface area contributed by atoms with E-state index in [-0.39, 0.29) is 25.0 Å². The standard InChI is InChI=1S/C16H16O3.C5H8O4/c1-18-15-9-13(10-16(11-15)19-2)4-3-12-5-7-14(17)8-6-12;6-4(7)2-1-3-5(8)9/h3-11,17H,1-2H3;1-3H2,(H,6,7)(H,8,9)/b4-3+;. The van der Waals surface area contributed by atoms with Gasteiger partial charge in [0.05, 0.1) is 14.2 Å². The maximum Gasteiger partial charge on any atom is 0.303 e. The molecule has 0 heterocycles. The van der Waals surface area contributed by atoms with Gasteiger partial charge in [-0.15, -0.1) is 0 Å². The number of aromatic hydroxyl groups is 1. The molecule has 0 aromatic heterocycles. The molecule has 0 radical (unpaired) electrons. The normalized spacial score (nSPS) is 10.1. The van der Waals surface area contributed by atoms with Crippen LogP contribution < -0.4 is 9.47 Å². The molecule has 150 valence electrons. The highest BCUT2D eigenvalue weighted by atomic mass is 16.5. The molecule has 7 heteroatoms. The number of methoxy groups -OCH3 is 2. The Kier molecular flexibility index (Phi) is 9.67. The van der Waals surface area contributed by atoms with E-state index in [0.29, 0.717) is 0 Å². The van der Waals surface area contributed by atoms with Gasteiger partial charge >= 0.3 is 11.9 Å². The van der Waals surface area contributed by atoms with Crippen molar-refractivity contribution in [1.29, 1.82) is 0 Å². The van der Waals surface area contributed by atoms with Crippen LogP contribution in [0.1, 0.15) is 30.4 Å². The number of hydrogen-bond acceptors (Lipinski definition) is 5. The van der Waals surface area contributed by atoms with Gasteiger partial charge in [-0.1, -0.05) is 24.3 Å². The summed E-state index contributed by atoms with van der Waals surface area (Å²) >= 11 is 0. The quantitative estimate of drug-likeness (QED) is 0.588. The predicted octanol–water partition coefficient (Wildman–Crippen LogP) is 3.91. The van der Waals surface area contributed by atoms with E-state index in [9.17, 15) is 14.7 Å². The van der Waals surface area contributed by atoms with Gasteiger partial charge in [0.25, 0.3) is 0 Å². The second kappa shape index (κ2) is 12.0. The molecule has 0 saturated heterocycles. The number of carbonyl (C=O) groups is 2. The number of phenolic OH excluding ortho intramolecular Hbond substituents is 1. The van der Waals surface area contributed by atoms with Crippen molar-refractivity contribution in [2.75, 3.05) is 14.2 Å². The first kappa shape index (κ1) is 22.6. The highest BCUT2D eigenvalue weighted by molar-refractivity contribution is 5.71. The minimum absolute atomic E-state index is 0.0632. The average Bonchev–Trinajstić information content (AvgIpc) is 2.67. The lowest BCUT2D eigenvalue weighted by Gasteiger charge is -2.05. The van der Waals surface area contributed by atoms with E-state index in [2.05, 4.69) is 0 Å². The van der Waals surface area contributed by atoms with Crippen molar-refractivity contribution < 1.29 is 34.4 Å². The van der Waals surface area contributed by atoms with Crippen molar-refractivity contribution in [3.63, 3.8) is 0 Å². The summed E-state index contributed by atoms with van der Waals surface area (Å²) in [7, 11) is 3.25. The Balaban J connectivity index is 0.000000370. The van der Waals surface area contributed by atoms with E-state index in [1.165, 1.54) is 0 Å². The Labute approximate surface area is 163 Å². The number of phenols is 1. The summed E-state index contributed by atoms with van der Waals surface area (Å²) in [5.74, 6) is -0.123. The van der Waals surface area contributed by atoms with E-state index >= 15 is 0 Å². The number of hydrogen-bond donors (Lipinski definition) is 3. The molecule has 2 rings (SSSR count). The molecule has 2 aromatic carbocycles.